The van der Waals surface area contributed by atoms with Gasteiger partial charge >= 0.3 is 0 Å². The number of allylic oxidation sites excluding steroid dienone is 4. The van der Waals surface area contributed by atoms with Gasteiger partial charge in [0.25, 0.3) is 0 Å². The number of hydrogen-bond acceptors (Lipinski definition) is 4. The van der Waals surface area contributed by atoms with E-state index in [-0.39, 0.29) is 5.41 Å². The first-order chi connectivity index (χ1) is 25.2. The van der Waals surface area contributed by atoms with Gasteiger partial charge in [0.05, 0.1) is 23.0 Å². The highest BCUT2D eigenvalue weighted by atomic mass is 32.1. The van der Waals surface area contributed by atoms with E-state index in [2.05, 4.69) is 121 Å². The van der Waals surface area contributed by atoms with Crippen molar-refractivity contribution in [3.8, 4) is 51.0 Å². The molecule has 3 nitrogen and oxygen atoms in total. The molecule has 2 heterocycles. The SMILES string of the molecule is N#Cc1ccc2c(c1)-c1ccc(-c3ccc4sc5c(-c6cc(C7=CC=CCC7)nc(-c7ccccc7)n6)cccc5c4c3)cc1C21CCCCC1. The van der Waals surface area contributed by atoms with Gasteiger partial charge in [-0.15, -0.1) is 11.3 Å². The minimum Gasteiger partial charge on any atom is -0.228 e. The average molecular weight is 674 g/mol. The minimum absolute atomic E-state index is 0.0416. The van der Waals surface area contributed by atoms with Crippen LogP contribution in [-0.4, -0.2) is 9.97 Å². The Bertz CT molecular complexity index is 2630. The molecule has 0 radical (unpaired) electrons. The molecular weight excluding hydrogens is 639 g/mol. The molecule has 10 rings (SSSR count). The number of rotatable bonds is 4. The van der Waals surface area contributed by atoms with Gasteiger partial charge in [0.1, 0.15) is 0 Å². The predicted octanol–water partition coefficient (Wildman–Crippen LogP) is 12.7. The molecule has 3 aliphatic rings. The zero-order chi connectivity index (χ0) is 33.9. The van der Waals surface area contributed by atoms with Crippen LogP contribution in [0.5, 0.6) is 0 Å². The highest BCUT2D eigenvalue weighted by molar-refractivity contribution is 7.26. The van der Waals surface area contributed by atoms with Crippen molar-refractivity contribution in [2.75, 3.05) is 0 Å². The van der Waals surface area contributed by atoms with Gasteiger partial charge in [-0.25, -0.2) is 9.97 Å². The summed E-state index contributed by atoms with van der Waals surface area (Å²) in [5.41, 5.74) is 14.1. The molecule has 0 N–H and O–H groups in total. The second kappa shape index (κ2) is 12.0. The topological polar surface area (TPSA) is 49.6 Å². The van der Waals surface area contributed by atoms with E-state index >= 15 is 0 Å². The molecule has 7 aromatic rings. The quantitative estimate of drug-likeness (QED) is 0.187. The van der Waals surface area contributed by atoms with Gasteiger partial charge in [0, 0.05) is 36.7 Å². The zero-order valence-corrected chi connectivity index (χ0v) is 29.1. The first-order valence-electron chi connectivity index (χ1n) is 18.1. The van der Waals surface area contributed by atoms with Gasteiger partial charge < -0.3 is 0 Å². The van der Waals surface area contributed by atoms with Crippen LogP contribution in [0.2, 0.25) is 0 Å². The summed E-state index contributed by atoms with van der Waals surface area (Å²) in [7, 11) is 0. The Morgan fingerprint density at radius 1 is 0.647 bits per heavy atom. The third-order valence-corrected chi connectivity index (χ3v) is 12.6. The summed E-state index contributed by atoms with van der Waals surface area (Å²) in [4.78, 5) is 10.3. The normalized spacial score (nSPS) is 15.9. The molecule has 1 saturated carbocycles. The van der Waals surface area contributed by atoms with Crippen LogP contribution in [0.4, 0.5) is 0 Å². The fourth-order valence-electron chi connectivity index (χ4n) is 8.91. The smallest absolute Gasteiger partial charge is 0.160 e. The second-order valence-electron chi connectivity index (χ2n) is 14.3. The molecule has 3 aliphatic carbocycles. The maximum Gasteiger partial charge on any atom is 0.160 e. The number of nitrogens with zero attached hydrogens (tertiary/aromatic N) is 3. The molecule has 2 aromatic heterocycles. The van der Waals surface area contributed by atoms with Crippen molar-refractivity contribution in [1.29, 1.82) is 5.26 Å². The van der Waals surface area contributed by atoms with Crippen LogP contribution in [0.25, 0.3) is 70.6 Å². The van der Waals surface area contributed by atoms with E-state index in [1.54, 1.807) is 0 Å². The summed E-state index contributed by atoms with van der Waals surface area (Å²) in [6.45, 7) is 0. The molecule has 1 spiro atoms. The Morgan fingerprint density at radius 2 is 1.49 bits per heavy atom. The summed E-state index contributed by atoms with van der Waals surface area (Å²) in [6.07, 6.45) is 14.7. The number of benzene rings is 5. The van der Waals surface area contributed by atoms with E-state index in [0.717, 1.165) is 46.7 Å². The Labute approximate surface area is 302 Å². The van der Waals surface area contributed by atoms with Crippen LogP contribution in [0, 0.1) is 11.3 Å². The lowest BCUT2D eigenvalue weighted by atomic mass is 9.67. The standard InChI is InChI=1S/C47H35N3S/c48-29-30-17-21-40-38(25-30)35-20-18-34(27-41(35)47(40)23-8-3-9-24-47)33-19-22-44-39(26-33)36-15-10-16-37(45(36)51-44)43-28-42(31-11-4-1-5-12-31)49-46(50-43)32-13-6-2-7-14-32/h1-2,4,6-7,10-11,13-22,25-28H,3,5,8-9,12,23-24H2. The van der Waals surface area contributed by atoms with Crippen LogP contribution < -0.4 is 0 Å². The molecule has 0 atom stereocenters. The average Bonchev–Trinajstić information content (AvgIpc) is 3.70. The molecule has 4 heteroatoms. The molecule has 244 valence electrons. The molecule has 0 amide bonds. The fourth-order valence-corrected chi connectivity index (χ4v) is 10.1. The third kappa shape index (κ3) is 4.91. The molecule has 5 aromatic carbocycles. The van der Waals surface area contributed by atoms with Gasteiger partial charge in [-0.1, -0.05) is 110 Å². The van der Waals surface area contributed by atoms with Crippen molar-refractivity contribution < 1.29 is 0 Å². The fraction of sp³-hybridized carbons (Fsp3) is 0.170. The van der Waals surface area contributed by atoms with E-state index < -0.39 is 0 Å². The number of fused-ring (bicyclic) bond motifs is 8. The van der Waals surface area contributed by atoms with Crippen molar-refractivity contribution in [2.45, 2.75) is 50.4 Å². The van der Waals surface area contributed by atoms with E-state index in [0.29, 0.717) is 0 Å². The molecule has 1 fully saturated rings. The number of thiophene rings is 1. The Balaban J connectivity index is 1.10. The molecule has 0 aliphatic heterocycles. The number of nitriles is 1. The lowest BCUT2D eigenvalue weighted by Crippen LogP contribution is -2.28. The van der Waals surface area contributed by atoms with Crippen molar-refractivity contribution in [3.63, 3.8) is 0 Å². The van der Waals surface area contributed by atoms with Crippen molar-refractivity contribution in [3.05, 3.63) is 150 Å². The molecular formula is C47H35N3S. The van der Waals surface area contributed by atoms with Crippen LogP contribution in [0.3, 0.4) is 0 Å². The van der Waals surface area contributed by atoms with Crippen LogP contribution in [0.15, 0.2) is 127 Å². The highest BCUT2D eigenvalue weighted by Crippen LogP contribution is 2.56. The number of hydrogen-bond donors (Lipinski definition) is 0. The van der Waals surface area contributed by atoms with E-state index in [4.69, 9.17) is 9.97 Å². The van der Waals surface area contributed by atoms with Gasteiger partial charge in [0.2, 0.25) is 0 Å². The summed E-state index contributed by atoms with van der Waals surface area (Å²) in [5, 5.41) is 12.2. The van der Waals surface area contributed by atoms with E-state index in [1.807, 2.05) is 23.5 Å². The maximum absolute atomic E-state index is 9.70. The molecule has 51 heavy (non-hydrogen) atoms. The maximum atomic E-state index is 9.70. The molecule has 0 unspecified atom stereocenters. The van der Waals surface area contributed by atoms with Crippen LogP contribution in [0.1, 0.15) is 67.3 Å². The monoisotopic (exact) mass is 673 g/mol. The van der Waals surface area contributed by atoms with Gasteiger partial charge in [-0.05, 0) is 101 Å². The van der Waals surface area contributed by atoms with Gasteiger partial charge in [-0.3, -0.25) is 0 Å². The van der Waals surface area contributed by atoms with E-state index in [1.165, 1.54) is 91.2 Å². The predicted molar refractivity (Wildman–Crippen MR) is 212 cm³/mol. The lowest BCUT2D eigenvalue weighted by Gasteiger charge is -2.36. The van der Waals surface area contributed by atoms with Crippen molar-refractivity contribution in [2.24, 2.45) is 0 Å². The molecule has 0 bridgehead atoms. The summed E-state index contributed by atoms with van der Waals surface area (Å²) < 4.78 is 2.53. The Kier molecular flexibility index (Phi) is 7.11. The van der Waals surface area contributed by atoms with Crippen molar-refractivity contribution in [1.82, 2.24) is 9.97 Å². The highest BCUT2D eigenvalue weighted by Gasteiger charge is 2.43. The van der Waals surface area contributed by atoms with Crippen LogP contribution >= 0.6 is 11.3 Å². The van der Waals surface area contributed by atoms with Gasteiger partial charge in [-0.2, -0.15) is 5.26 Å². The van der Waals surface area contributed by atoms with E-state index in [9.17, 15) is 5.26 Å². The first kappa shape index (κ1) is 30.2. The Morgan fingerprint density at radius 3 is 2.33 bits per heavy atom. The third-order valence-electron chi connectivity index (χ3n) is 11.4. The summed E-state index contributed by atoms with van der Waals surface area (Å²) in [5.74, 6) is 0.761. The summed E-state index contributed by atoms with van der Waals surface area (Å²) >= 11 is 1.85. The van der Waals surface area contributed by atoms with Crippen LogP contribution in [-0.2, 0) is 5.41 Å². The Hall–Kier alpha value is -5.63. The largest absolute Gasteiger partial charge is 0.228 e. The number of aromatic nitrogens is 2. The lowest BCUT2D eigenvalue weighted by molar-refractivity contribution is 0.353. The first-order valence-corrected chi connectivity index (χ1v) is 19.0. The van der Waals surface area contributed by atoms with Gasteiger partial charge in [0.15, 0.2) is 5.82 Å². The van der Waals surface area contributed by atoms with Crippen molar-refractivity contribution >= 4 is 37.1 Å². The zero-order valence-electron chi connectivity index (χ0n) is 28.3. The minimum atomic E-state index is 0.0416. The molecule has 0 saturated heterocycles. The summed E-state index contributed by atoms with van der Waals surface area (Å²) in [6, 6.07) is 42.0. The second-order valence-corrected chi connectivity index (χ2v) is 15.3.